The number of aliphatic hydroxyl groups is 1. The zero-order chi connectivity index (χ0) is 18.9. The van der Waals surface area contributed by atoms with Crippen molar-refractivity contribution in [2.24, 2.45) is 0 Å². The number of carbonyl (C=O) groups excluding carboxylic acids is 2. The number of aliphatic hydroxyl groups excluding tert-OH is 1. The highest BCUT2D eigenvalue weighted by Crippen LogP contribution is 2.17. The number of hydrogen-bond donors (Lipinski definition) is 3. The number of aryl methyl sites for hydroxylation is 2. The highest BCUT2D eigenvalue weighted by molar-refractivity contribution is 6.39. The van der Waals surface area contributed by atoms with Crippen LogP contribution in [0.2, 0.25) is 0 Å². The van der Waals surface area contributed by atoms with Gasteiger partial charge in [0.15, 0.2) is 0 Å². The summed E-state index contributed by atoms with van der Waals surface area (Å²) in [4.78, 5) is 24.1. The molecule has 6 heteroatoms. The second-order valence-electron chi connectivity index (χ2n) is 6.03. The van der Waals surface area contributed by atoms with Crippen molar-refractivity contribution in [1.82, 2.24) is 5.32 Å². The van der Waals surface area contributed by atoms with Crippen LogP contribution < -0.4 is 10.6 Å². The Morgan fingerprint density at radius 2 is 1.77 bits per heavy atom. The quantitative estimate of drug-likeness (QED) is 0.663. The third-order valence-electron chi connectivity index (χ3n) is 3.79. The molecule has 3 N–H and O–H groups in total. The summed E-state index contributed by atoms with van der Waals surface area (Å²) in [7, 11) is 0. The van der Waals surface area contributed by atoms with E-state index >= 15 is 0 Å². The van der Waals surface area contributed by atoms with Crippen LogP contribution in [0.3, 0.4) is 0 Å². The fourth-order valence-corrected chi connectivity index (χ4v) is 2.43. The van der Waals surface area contributed by atoms with Gasteiger partial charge in [-0.25, -0.2) is 0 Å². The summed E-state index contributed by atoms with van der Waals surface area (Å²) >= 11 is 0. The molecule has 2 aromatic rings. The average Bonchev–Trinajstić information content (AvgIpc) is 2.62. The molecule has 2 aromatic carbocycles. The Hall–Kier alpha value is -2.70. The summed E-state index contributed by atoms with van der Waals surface area (Å²) in [5, 5.41) is 14.1. The highest BCUT2D eigenvalue weighted by Gasteiger charge is 2.18. The Kier molecular flexibility index (Phi) is 7.32. The molecule has 6 nitrogen and oxygen atoms in total. The topological polar surface area (TPSA) is 87.7 Å². The molecule has 0 saturated carbocycles. The van der Waals surface area contributed by atoms with Crippen LogP contribution in [0.4, 0.5) is 5.69 Å². The van der Waals surface area contributed by atoms with Gasteiger partial charge < -0.3 is 20.5 Å². The van der Waals surface area contributed by atoms with Crippen LogP contribution in [-0.2, 0) is 14.3 Å². The first-order valence-electron chi connectivity index (χ1n) is 8.44. The summed E-state index contributed by atoms with van der Waals surface area (Å²) in [6.45, 7) is 4.03. The van der Waals surface area contributed by atoms with E-state index in [1.54, 1.807) is 18.2 Å². The summed E-state index contributed by atoms with van der Waals surface area (Å²) in [6.07, 6.45) is -0.446. The van der Waals surface area contributed by atoms with Gasteiger partial charge in [0, 0.05) is 12.2 Å². The lowest BCUT2D eigenvalue weighted by Crippen LogP contribution is -2.38. The Morgan fingerprint density at radius 3 is 2.42 bits per heavy atom. The fourth-order valence-electron chi connectivity index (χ4n) is 2.43. The van der Waals surface area contributed by atoms with Gasteiger partial charge in [-0.15, -0.1) is 0 Å². The third-order valence-corrected chi connectivity index (χ3v) is 3.79. The van der Waals surface area contributed by atoms with Crippen molar-refractivity contribution in [3.8, 4) is 0 Å². The molecule has 0 aliphatic rings. The zero-order valence-electron chi connectivity index (χ0n) is 15.0. The van der Waals surface area contributed by atoms with Crippen LogP contribution in [-0.4, -0.2) is 36.7 Å². The molecule has 1 atom stereocenters. The molecule has 2 rings (SSSR count). The first kappa shape index (κ1) is 19.6. The first-order chi connectivity index (χ1) is 12.5. The molecule has 2 amide bonds. The molecule has 0 fully saturated rings. The van der Waals surface area contributed by atoms with E-state index in [2.05, 4.69) is 10.6 Å². The van der Waals surface area contributed by atoms with Crippen molar-refractivity contribution in [3.05, 3.63) is 65.2 Å². The Morgan fingerprint density at radius 1 is 1.04 bits per heavy atom. The number of hydrogen-bond acceptors (Lipinski definition) is 4. The summed E-state index contributed by atoms with van der Waals surface area (Å²) in [6, 6.07) is 14.9. The van der Waals surface area contributed by atoms with E-state index in [1.807, 2.05) is 44.2 Å². The second-order valence-corrected chi connectivity index (χ2v) is 6.03. The fraction of sp³-hybridized carbons (Fsp3) is 0.300. The molecule has 0 spiro atoms. The summed E-state index contributed by atoms with van der Waals surface area (Å²) in [5.74, 6) is -1.48. The highest BCUT2D eigenvalue weighted by atomic mass is 16.5. The molecular formula is C20H24N2O4. The normalized spacial score (nSPS) is 11.7. The summed E-state index contributed by atoms with van der Waals surface area (Å²) < 4.78 is 5.58. The molecular weight excluding hydrogens is 332 g/mol. The number of anilines is 1. The molecule has 0 aliphatic heterocycles. The SMILES string of the molecule is Cc1ccc(C(CNC(=O)C(=O)Nc2cccc(C)c2)OCCO)cc1. The average molecular weight is 356 g/mol. The lowest BCUT2D eigenvalue weighted by molar-refractivity contribution is -0.136. The lowest BCUT2D eigenvalue weighted by Gasteiger charge is -2.18. The van der Waals surface area contributed by atoms with Gasteiger partial charge in [-0.2, -0.15) is 0 Å². The molecule has 26 heavy (non-hydrogen) atoms. The van der Waals surface area contributed by atoms with Crippen LogP contribution in [0, 0.1) is 13.8 Å². The number of nitrogens with one attached hydrogen (secondary N) is 2. The van der Waals surface area contributed by atoms with E-state index in [0.717, 1.165) is 16.7 Å². The van der Waals surface area contributed by atoms with Crippen LogP contribution in [0.1, 0.15) is 22.8 Å². The maximum atomic E-state index is 12.1. The van der Waals surface area contributed by atoms with Crippen LogP contribution in [0.5, 0.6) is 0 Å². The second kappa shape index (κ2) is 9.70. The van der Waals surface area contributed by atoms with Gasteiger partial charge in [-0.3, -0.25) is 9.59 Å². The van der Waals surface area contributed by atoms with Gasteiger partial charge in [0.2, 0.25) is 0 Å². The lowest BCUT2D eigenvalue weighted by atomic mass is 10.1. The maximum Gasteiger partial charge on any atom is 0.313 e. The van der Waals surface area contributed by atoms with Gasteiger partial charge in [0.1, 0.15) is 0 Å². The minimum Gasteiger partial charge on any atom is -0.394 e. The van der Waals surface area contributed by atoms with E-state index < -0.39 is 17.9 Å². The Balaban J connectivity index is 1.94. The van der Waals surface area contributed by atoms with Gasteiger partial charge in [-0.05, 0) is 37.1 Å². The van der Waals surface area contributed by atoms with Gasteiger partial charge in [-0.1, -0.05) is 42.0 Å². The van der Waals surface area contributed by atoms with E-state index in [9.17, 15) is 9.59 Å². The number of rotatable bonds is 7. The van der Waals surface area contributed by atoms with E-state index in [1.165, 1.54) is 0 Å². The van der Waals surface area contributed by atoms with Gasteiger partial charge >= 0.3 is 11.8 Å². The molecule has 0 bridgehead atoms. The molecule has 138 valence electrons. The van der Waals surface area contributed by atoms with Crippen LogP contribution in [0.25, 0.3) is 0 Å². The minimum atomic E-state index is -0.740. The predicted molar refractivity (Wildman–Crippen MR) is 99.8 cm³/mol. The molecule has 1 unspecified atom stereocenters. The predicted octanol–water partition coefficient (Wildman–Crippen LogP) is 2.11. The van der Waals surface area contributed by atoms with Crippen molar-refractivity contribution in [3.63, 3.8) is 0 Å². The molecule has 0 saturated heterocycles. The van der Waals surface area contributed by atoms with Crippen molar-refractivity contribution in [2.75, 3.05) is 25.1 Å². The molecule has 0 heterocycles. The number of amides is 2. The standard InChI is InChI=1S/C20H24N2O4/c1-14-6-8-16(9-7-14)18(26-11-10-23)13-21-19(24)20(25)22-17-5-3-4-15(2)12-17/h3-9,12,18,23H,10-11,13H2,1-2H3,(H,21,24)(H,22,25). The largest absolute Gasteiger partial charge is 0.394 e. The van der Waals surface area contributed by atoms with Crippen molar-refractivity contribution >= 4 is 17.5 Å². The van der Waals surface area contributed by atoms with Crippen molar-refractivity contribution in [2.45, 2.75) is 20.0 Å². The smallest absolute Gasteiger partial charge is 0.313 e. The summed E-state index contributed by atoms with van der Waals surface area (Å²) in [5.41, 5.74) is 3.52. The first-order valence-corrected chi connectivity index (χ1v) is 8.44. The molecule has 0 radical (unpaired) electrons. The minimum absolute atomic E-state index is 0.121. The number of benzene rings is 2. The third kappa shape index (κ3) is 5.98. The Labute approximate surface area is 153 Å². The Bertz CT molecular complexity index is 744. The monoisotopic (exact) mass is 356 g/mol. The van der Waals surface area contributed by atoms with Crippen LogP contribution >= 0.6 is 0 Å². The molecule has 0 aromatic heterocycles. The zero-order valence-corrected chi connectivity index (χ0v) is 15.0. The van der Waals surface area contributed by atoms with Gasteiger partial charge in [0.05, 0.1) is 19.3 Å². The van der Waals surface area contributed by atoms with Crippen molar-refractivity contribution in [1.29, 1.82) is 0 Å². The van der Waals surface area contributed by atoms with E-state index in [0.29, 0.717) is 5.69 Å². The van der Waals surface area contributed by atoms with E-state index in [4.69, 9.17) is 9.84 Å². The number of carbonyl (C=O) groups is 2. The maximum absolute atomic E-state index is 12.1. The van der Waals surface area contributed by atoms with Crippen LogP contribution in [0.15, 0.2) is 48.5 Å². The van der Waals surface area contributed by atoms with Crippen molar-refractivity contribution < 1.29 is 19.4 Å². The molecule has 0 aliphatic carbocycles. The number of ether oxygens (including phenoxy) is 1. The van der Waals surface area contributed by atoms with Gasteiger partial charge in [0.25, 0.3) is 0 Å². The van der Waals surface area contributed by atoms with E-state index in [-0.39, 0.29) is 19.8 Å².